The molecule has 0 bridgehead atoms. The van der Waals surface area contributed by atoms with Gasteiger partial charge >= 0.3 is 11.9 Å². The Morgan fingerprint density at radius 1 is 0.525 bits per heavy atom. The van der Waals surface area contributed by atoms with Gasteiger partial charge in [0.05, 0.1) is 13.2 Å². The monoisotopic (exact) mass is 835 g/mol. The molecule has 0 amide bonds. The predicted molar refractivity (Wildman–Crippen MR) is 238 cm³/mol. The van der Waals surface area contributed by atoms with E-state index in [1.165, 1.54) is 109 Å². The molecule has 10 nitrogen and oxygen atoms in total. The fourth-order valence-electron chi connectivity index (χ4n) is 6.90. The van der Waals surface area contributed by atoms with Crippen molar-refractivity contribution in [3.8, 4) is 0 Å². The lowest BCUT2D eigenvalue weighted by Gasteiger charge is -2.39. The third-order valence-electron chi connectivity index (χ3n) is 10.7. The number of hydrogen-bond donors (Lipinski definition) is 4. The number of unbranched alkanes of at least 4 members (excludes halogenated alkanes) is 20. The molecule has 1 aliphatic rings. The minimum atomic E-state index is -1.60. The Kier molecular flexibility index (Phi) is 36.9. The Balaban J connectivity index is 2.35. The van der Waals surface area contributed by atoms with Gasteiger partial charge in [-0.05, 0) is 70.6 Å². The summed E-state index contributed by atoms with van der Waals surface area (Å²) >= 11 is 0. The minimum absolute atomic E-state index is 0.203. The average Bonchev–Trinajstić information content (AvgIpc) is 3.23. The summed E-state index contributed by atoms with van der Waals surface area (Å²) in [4.78, 5) is 25.3. The summed E-state index contributed by atoms with van der Waals surface area (Å²) in [7, 11) is 0. The van der Waals surface area contributed by atoms with Crippen molar-refractivity contribution < 1.29 is 49.0 Å². The summed E-state index contributed by atoms with van der Waals surface area (Å²) in [5, 5.41) is 40.1. The third-order valence-corrected chi connectivity index (χ3v) is 10.7. The highest BCUT2D eigenvalue weighted by Gasteiger charge is 2.44. The van der Waals surface area contributed by atoms with Crippen LogP contribution in [-0.4, -0.2) is 89.0 Å². The average molecular weight is 835 g/mol. The van der Waals surface area contributed by atoms with Crippen molar-refractivity contribution in [2.75, 3.05) is 19.8 Å². The SMILES string of the molecule is CCCCCC/C=C/CCCCCCCCCCCC(=O)O[C@@H](COC(=O)CCC/C=C/C/C=C/C/C=C/CCCCCCCC)CO[C@H]1O[C@@H](CO)[C@@H](O)C(O)C1O. The highest BCUT2D eigenvalue weighted by molar-refractivity contribution is 5.70. The van der Waals surface area contributed by atoms with Crippen LogP contribution in [0.3, 0.4) is 0 Å². The molecule has 4 N–H and O–H groups in total. The van der Waals surface area contributed by atoms with Crippen LogP contribution in [-0.2, 0) is 28.5 Å². The molecule has 0 radical (unpaired) electrons. The van der Waals surface area contributed by atoms with Crippen LogP contribution in [0.2, 0.25) is 0 Å². The maximum atomic E-state index is 12.8. The fraction of sp³-hybridized carbons (Fsp3) is 0.796. The molecular formula is C49H86O10. The zero-order chi connectivity index (χ0) is 43.0. The molecular weight excluding hydrogens is 749 g/mol. The van der Waals surface area contributed by atoms with Crippen LogP contribution < -0.4 is 0 Å². The molecule has 1 aliphatic heterocycles. The van der Waals surface area contributed by atoms with Gasteiger partial charge in [-0.25, -0.2) is 0 Å². The lowest BCUT2D eigenvalue weighted by atomic mass is 9.99. The molecule has 0 aromatic rings. The largest absolute Gasteiger partial charge is 0.462 e. The van der Waals surface area contributed by atoms with Crippen molar-refractivity contribution in [3.63, 3.8) is 0 Å². The van der Waals surface area contributed by atoms with Gasteiger partial charge in [0.25, 0.3) is 0 Å². The number of carbonyl (C=O) groups excluding carboxylic acids is 2. The van der Waals surface area contributed by atoms with Crippen LogP contribution in [0.4, 0.5) is 0 Å². The van der Waals surface area contributed by atoms with Gasteiger partial charge in [-0.15, -0.1) is 0 Å². The third kappa shape index (κ3) is 31.2. The molecule has 0 saturated carbocycles. The van der Waals surface area contributed by atoms with E-state index in [1.54, 1.807) is 0 Å². The molecule has 1 fully saturated rings. The Morgan fingerprint density at radius 2 is 0.966 bits per heavy atom. The van der Waals surface area contributed by atoms with Gasteiger partial charge in [-0.3, -0.25) is 9.59 Å². The van der Waals surface area contributed by atoms with Crippen LogP contribution in [0, 0.1) is 0 Å². The standard InChI is InChI=1S/C49H86O10/c1-3-5-7-9-11-13-15-17-19-21-23-25-27-29-31-33-35-37-44(51)56-40-42(41-57-49-48(55)47(54)46(53)43(39-50)59-49)58-45(52)38-36-34-32-30-28-26-24-22-20-18-16-14-12-10-8-6-4-2/h14,16-17,19,23,25,29,31,42-43,46-50,53-55H,3-13,15,18,20-22,24,26-28,30,32-41H2,1-2H3/b16-14+,19-17+,25-23+,31-29+/t42-,43-,46+,47?,48?,49-/m0/s1. The number of aliphatic hydroxyl groups is 4. The van der Waals surface area contributed by atoms with Gasteiger partial charge in [-0.1, -0.05) is 159 Å². The van der Waals surface area contributed by atoms with E-state index in [1.807, 2.05) is 0 Å². The molecule has 342 valence electrons. The van der Waals surface area contributed by atoms with Gasteiger partial charge in [0.15, 0.2) is 12.4 Å². The number of ether oxygens (including phenoxy) is 4. The fourth-order valence-corrected chi connectivity index (χ4v) is 6.90. The first kappa shape index (κ1) is 54.7. The topological polar surface area (TPSA) is 152 Å². The molecule has 10 heteroatoms. The van der Waals surface area contributed by atoms with Gasteiger partial charge in [0.2, 0.25) is 0 Å². The molecule has 2 unspecified atom stereocenters. The van der Waals surface area contributed by atoms with E-state index < -0.39 is 55.4 Å². The molecule has 0 aromatic heterocycles. The van der Waals surface area contributed by atoms with Crippen LogP contribution >= 0.6 is 0 Å². The normalized spacial score (nSPS) is 20.4. The summed E-state index contributed by atoms with van der Waals surface area (Å²) < 4.78 is 22.1. The lowest BCUT2D eigenvalue weighted by molar-refractivity contribution is -0.305. The van der Waals surface area contributed by atoms with E-state index in [-0.39, 0.29) is 26.1 Å². The molecule has 0 spiro atoms. The second-order valence-electron chi connectivity index (χ2n) is 16.2. The molecule has 1 heterocycles. The Morgan fingerprint density at radius 3 is 1.51 bits per heavy atom. The Hall–Kier alpha value is -2.34. The summed E-state index contributed by atoms with van der Waals surface area (Å²) in [6.45, 7) is 3.36. The smallest absolute Gasteiger partial charge is 0.306 e. The van der Waals surface area contributed by atoms with Crippen molar-refractivity contribution in [3.05, 3.63) is 48.6 Å². The minimum Gasteiger partial charge on any atom is -0.462 e. The number of rotatable bonds is 39. The maximum absolute atomic E-state index is 12.8. The zero-order valence-corrected chi connectivity index (χ0v) is 37.2. The molecule has 0 aromatic carbocycles. The van der Waals surface area contributed by atoms with Crippen LogP contribution in [0.5, 0.6) is 0 Å². The van der Waals surface area contributed by atoms with Crippen molar-refractivity contribution in [1.29, 1.82) is 0 Å². The highest BCUT2D eigenvalue weighted by atomic mass is 16.7. The highest BCUT2D eigenvalue weighted by Crippen LogP contribution is 2.22. The maximum Gasteiger partial charge on any atom is 0.306 e. The van der Waals surface area contributed by atoms with E-state index in [0.29, 0.717) is 12.8 Å². The van der Waals surface area contributed by atoms with Crippen LogP contribution in [0.25, 0.3) is 0 Å². The van der Waals surface area contributed by atoms with Crippen molar-refractivity contribution in [1.82, 2.24) is 0 Å². The second kappa shape index (κ2) is 39.8. The summed E-state index contributed by atoms with van der Waals surface area (Å²) in [5.41, 5.74) is 0. The first-order valence-electron chi connectivity index (χ1n) is 23.7. The van der Waals surface area contributed by atoms with Gasteiger partial charge < -0.3 is 39.4 Å². The number of allylic oxidation sites excluding steroid dienone is 8. The van der Waals surface area contributed by atoms with Crippen molar-refractivity contribution in [2.24, 2.45) is 0 Å². The van der Waals surface area contributed by atoms with Crippen molar-refractivity contribution >= 4 is 11.9 Å². The summed E-state index contributed by atoms with van der Waals surface area (Å²) in [6, 6.07) is 0. The van der Waals surface area contributed by atoms with Gasteiger partial charge in [-0.2, -0.15) is 0 Å². The van der Waals surface area contributed by atoms with E-state index in [0.717, 1.165) is 44.9 Å². The van der Waals surface area contributed by atoms with Crippen LogP contribution in [0.15, 0.2) is 48.6 Å². The van der Waals surface area contributed by atoms with E-state index >= 15 is 0 Å². The van der Waals surface area contributed by atoms with E-state index in [9.17, 15) is 30.0 Å². The molecule has 0 aliphatic carbocycles. The van der Waals surface area contributed by atoms with Gasteiger partial charge in [0, 0.05) is 12.8 Å². The number of hydrogen-bond acceptors (Lipinski definition) is 10. The Labute approximate surface area is 358 Å². The summed E-state index contributed by atoms with van der Waals surface area (Å²) in [5.74, 6) is -0.869. The number of aliphatic hydroxyl groups excluding tert-OH is 4. The first-order valence-corrected chi connectivity index (χ1v) is 23.7. The zero-order valence-electron chi connectivity index (χ0n) is 37.2. The van der Waals surface area contributed by atoms with Crippen molar-refractivity contribution in [2.45, 2.75) is 230 Å². The van der Waals surface area contributed by atoms with Gasteiger partial charge in [0.1, 0.15) is 31.0 Å². The molecule has 6 atom stereocenters. The molecule has 1 saturated heterocycles. The first-order chi connectivity index (χ1) is 28.8. The number of carbonyl (C=O) groups is 2. The quantitative estimate of drug-likeness (QED) is 0.0267. The van der Waals surface area contributed by atoms with E-state index in [4.69, 9.17) is 18.9 Å². The molecule has 59 heavy (non-hydrogen) atoms. The lowest BCUT2D eigenvalue weighted by Crippen LogP contribution is -2.59. The predicted octanol–water partition coefficient (Wildman–Crippen LogP) is 10.4. The second-order valence-corrected chi connectivity index (χ2v) is 16.2. The van der Waals surface area contributed by atoms with Crippen LogP contribution in [0.1, 0.15) is 194 Å². The van der Waals surface area contributed by atoms with E-state index in [2.05, 4.69) is 62.5 Å². The number of esters is 2. The Bertz CT molecular complexity index is 1100. The summed E-state index contributed by atoms with van der Waals surface area (Å²) in [6.07, 6.45) is 39.8. The molecule has 1 rings (SSSR count).